The molecule has 2 aromatic carbocycles. The van der Waals surface area contributed by atoms with Crippen molar-refractivity contribution in [2.45, 2.75) is 13.5 Å². The third-order valence-corrected chi connectivity index (χ3v) is 4.67. The van der Waals surface area contributed by atoms with Crippen molar-refractivity contribution < 1.29 is 18.8 Å². The number of rotatable bonds is 6. The smallest absolute Gasteiger partial charge is 0.292 e. The second-order valence-corrected chi connectivity index (χ2v) is 6.60. The topological polar surface area (TPSA) is 97.2 Å². The average Bonchev–Trinajstić information content (AvgIpc) is 3.35. The number of ketones is 1. The molecule has 0 spiro atoms. The number of para-hydroxylation sites is 1. The minimum atomic E-state index is -0.691. The fourth-order valence-corrected chi connectivity index (χ4v) is 3.24. The number of fused-ring (bicyclic) bond motifs is 1. The number of aromatic amines is 1. The number of methoxy groups -OCH3 is 1. The number of amides is 1. The number of H-pyrrole nitrogens is 1. The van der Waals surface area contributed by atoms with Crippen LogP contribution in [0.15, 0.2) is 59.1 Å². The number of benzene rings is 2. The maximum Gasteiger partial charge on any atom is 0.292 e. The molecule has 0 aliphatic heterocycles. The predicted octanol–water partition coefficient (Wildman–Crippen LogP) is 3.64. The van der Waals surface area contributed by atoms with E-state index in [1.165, 1.54) is 0 Å². The van der Waals surface area contributed by atoms with Gasteiger partial charge in [0, 0.05) is 28.2 Å². The van der Waals surface area contributed by atoms with Crippen LogP contribution in [0.1, 0.15) is 21.7 Å². The van der Waals surface area contributed by atoms with E-state index in [2.05, 4.69) is 15.5 Å². The first-order chi connectivity index (χ1) is 14.1. The van der Waals surface area contributed by atoms with Gasteiger partial charge < -0.3 is 19.6 Å². The van der Waals surface area contributed by atoms with E-state index in [4.69, 9.17) is 9.26 Å². The normalized spacial score (nSPS) is 10.8. The Morgan fingerprint density at radius 1 is 1.14 bits per heavy atom. The largest absolute Gasteiger partial charge is 0.497 e. The van der Waals surface area contributed by atoms with Gasteiger partial charge >= 0.3 is 0 Å². The molecule has 146 valence electrons. The SMILES string of the molecule is COc1cccc(-c2cc(CNC(=O)C(=O)c3c(C)[nH]c4ccccc34)no2)c1. The number of carbonyl (C=O) groups excluding carboxylic acids is 2. The fraction of sp³-hybridized carbons (Fsp3) is 0.136. The molecule has 0 atom stereocenters. The minimum absolute atomic E-state index is 0.0828. The van der Waals surface area contributed by atoms with E-state index >= 15 is 0 Å². The van der Waals surface area contributed by atoms with E-state index in [0.717, 1.165) is 16.5 Å². The summed E-state index contributed by atoms with van der Waals surface area (Å²) >= 11 is 0. The number of nitrogens with one attached hydrogen (secondary N) is 2. The van der Waals surface area contributed by atoms with Gasteiger partial charge in [0.15, 0.2) is 5.76 Å². The molecule has 0 unspecified atom stereocenters. The average molecular weight is 389 g/mol. The second-order valence-electron chi connectivity index (χ2n) is 6.60. The minimum Gasteiger partial charge on any atom is -0.497 e. The van der Waals surface area contributed by atoms with Crippen LogP contribution in [0.5, 0.6) is 5.75 Å². The molecule has 0 aliphatic rings. The molecule has 2 aromatic heterocycles. The lowest BCUT2D eigenvalue weighted by Crippen LogP contribution is -2.31. The number of Topliss-reactive ketones (excluding diaryl/α,β-unsaturated/α-hetero) is 1. The number of hydrogen-bond donors (Lipinski definition) is 2. The molecule has 0 bridgehead atoms. The first-order valence-electron chi connectivity index (χ1n) is 9.06. The van der Waals surface area contributed by atoms with Gasteiger partial charge in [-0.3, -0.25) is 9.59 Å². The second kappa shape index (κ2) is 7.63. The van der Waals surface area contributed by atoms with Crippen LogP contribution >= 0.6 is 0 Å². The Morgan fingerprint density at radius 3 is 2.79 bits per heavy atom. The highest BCUT2D eigenvalue weighted by molar-refractivity contribution is 6.45. The van der Waals surface area contributed by atoms with Crippen LogP contribution in [-0.2, 0) is 11.3 Å². The maximum absolute atomic E-state index is 12.7. The Morgan fingerprint density at radius 2 is 1.97 bits per heavy atom. The van der Waals surface area contributed by atoms with Gasteiger partial charge in [-0.05, 0) is 25.1 Å². The summed E-state index contributed by atoms with van der Waals surface area (Å²) in [6, 6.07) is 16.5. The van der Waals surface area contributed by atoms with Crippen LogP contribution < -0.4 is 10.1 Å². The molecule has 2 N–H and O–H groups in total. The van der Waals surface area contributed by atoms with Crippen molar-refractivity contribution in [3.63, 3.8) is 0 Å². The van der Waals surface area contributed by atoms with Crippen molar-refractivity contribution in [3.8, 4) is 17.1 Å². The Hall–Kier alpha value is -3.87. The zero-order valence-electron chi connectivity index (χ0n) is 16.0. The van der Waals surface area contributed by atoms with Crippen molar-refractivity contribution in [3.05, 3.63) is 71.5 Å². The van der Waals surface area contributed by atoms with Gasteiger partial charge in [0.25, 0.3) is 11.7 Å². The summed E-state index contributed by atoms with van der Waals surface area (Å²) in [6.45, 7) is 1.86. The molecular weight excluding hydrogens is 370 g/mol. The van der Waals surface area contributed by atoms with Gasteiger partial charge in [0.05, 0.1) is 19.2 Å². The molecule has 7 nitrogen and oxygen atoms in total. The van der Waals surface area contributed by atoms with Crippen LogP contribution in [-0.4, -0.2) is 28.9 Å². The number of aromatic nitrogens is 2. The summed E-state index contributed by atoms with van der Waals surface area (Å²) in [5.41, 5.74) is 3.18. The van der Waals surface area contributed by atoms with Gasteiger partial charge in [-0.15, -0.1) is 0 Å². The maximum atomic E-state index is 12.7. The van der Waals surface area contributed by atoms with Crippen LogP contribution in [0.2, 0.25) is 0 Å². The van der Waals surface area contributed by atoms with Crippen molar-refractivity contribution >= 4 is 22.6 Å². The predicted molar refractivity (Wildman–Crippen MR) is 108 cm³/mol. The van der Waals surface area contributed by atoms with Gasteiger partial charge in [0.2, 0.25) is 0 Å². The summed E-state index contributed by atoms with van der Waals surface area (Å²) in [4.78, 5) is 28.2. The molecule has 1 amide bonds. The Bertz CT molecular complexity index is 1210. The van der Waals surface area contributed by atoms with Crippen LogP contribution in [0.3, 0.4) is 0 Å². The third-order valence-electron chi connectivity index (χ3n) is 4.67. The molecule has 29 heavy (non-hydrogen) atoms. The van der Waals surface area contributed by atoms with E-state index in [1.54, 1.807) is 20.1 Å². The van der Waals surface area contributed by atoms with Crippen LogP contribution in [0, 0.1) is 6.92 Å². The quantitative estimate of drug-likeness (QED) is 0.388. The van der Waals surface area contributed by atoms with E-state index in [1.807, 2.05) is 48.5 Å². The summed E-state index contributed by atoms with van der Waals surface area (Å²) in [7, 11) is 1.59. The molecule has 4 rings (SSSR count). The van der Waals surface area contributed by atoms with Gasteiger partial charge in [-0.25, -0.2) is 0 Å². The number of hydrogen-bond acceptors (Lipinski definition) is 5. The molecule has 4 aromatic rings. The Labute approximate surface area is 166 Å². The summed E-state index contributed by atoms with van der Waals surface area (Å²) in [5, 5.41) is 7.31. The number of ether oxygens (including phenoxy) is 1. The zero-order valence-corrected chi connectivity index (χ0v) is 16.0. The van der Waals surface area contributed by atoms with Crippen molar-refractivity contribution in [2.75, 3.05) is 7.11 Å². The van der Waals surface area contributed by atoms with E-state index in [0.29, 0.717) is 28.5 Å². The van der Waals surface area contributed by atoms with Crippen molar-refractivity contribution in [1.82, 2.24) is 15.5 Å². The van der Waals surface area contributed by atoms with Crippen molar-refractivity contribution in [2.24, 2.45) is 0 Å². The monoisotopic (exact) mass is 389 g/mol. The van der Waals surface area contributed by atoms with Gasteiger partial charge in [-0.1, -0.05) is 35.5 Å². The van der Waals surface area contributed by atoms with E-state index < -0.39 is 11.7 Å². The first-order valence-corrected chi connectivity index (χ1v) is 9.06. The van der Waals surface area contributed by atoms with Gasteiger partial charge in [0.1, 0.15) is 11.4 Å². The van der Waals surface area contributed by atoms with Crippen LogP contribution in [0.4, 0.5) is 0 Å². The molecule has 0 saturated carbocycles. The van der Waals surface area contributed by atoms with Crippen molar-refractivity contribution in [1.29, 1.82) is 0 Å². The lowest BCUT2D eigenvalue weighted by atomic mass is 10.1. The van der Waals surface area contributed by atoms with E-state index in [-0.39, 0.29) is 6.54 Å². The Kier molecular flexibility index (Phi) is 4.87. The molecule has 0 radical (unpaired) electrons. The molecular formula is C22H19N3O4. The first kappa shape index (κ1) is 18.5. The summed E-state index contributed by atoms with van der Waals surface area (Å²) < 4.78 is 10.6. The highest BCUT2D eigenvalue weighted by Crippen LogP contribution is 2.25. The van der Waals surface area contributed by atoms with Gasteiger partial charge in [-0.2, -0.15) is 0 Å². The fourth-order valence-electron chi connectivity index (χ4n) is 3.24. The lowest BCUT2D eigenvalue weighted by Gasteiger charge is -2.03. The zero-order chi connectivity index (χ0) is 20.4. The summed E-state index contributed by atoms with van der Waals surface area (Å²) in [6.07, 6.45) is 0. The number of nitrogens with zero attached hydrogens (tertiary/aromatic N) is 1. The standard InChI is InChI=1S/C22H19N3O4/c1-13-20(17-8-3-4-9-18(17)24-13)21(26)22(27)23-12-15-11-19(29-25-15)14-6-5-7-16(10-14)28-2/h3-11,24H,12H2,1-2H3,(H,23,27). The Balaban J connectivity index is 1.46. The molecule has 2 heterocycles. The summed E-state index contributed by atoms with van der Waals surface area (Å²) in [5.74, 6) is -0.0272. The molecule has 0 fully saturated rings. The lowest BCUT2D eigenvalue weighted by molar-refractivity contribution is -0.117. The number of aryl methyl sites for hydroxylation is 1. The molecule has 0 aliphatic carbocycles. The highest BCUT2D eigenvalue weighted by Gasteiger charge is 2.22. The molecule has 0 saturated heterocycles. The molecule has 7 heteroatoms. The highest BCUT2D eigenvalue weighted by atomic mass is 16.5. The van der Waals surface area contributed by atoms with E-state index in [9.17, 15) is 9.59 Å². The number of carbonyl (C=O) groups is 2. The third kappa shape index (κ3) is 3.62. The van der Waals surface area contributed by atoms with Crippen LogP contribution in [0.25, 0.3) is 22.2 Å².